The summed E-state index contributed by atoms with van der Waals surface area (Å²) in [6.45, 7) is 0. The van der Waals surface area contributed by atoms with E-state index in [0.717, 1.165) is 5.39 Å². The maximum Gasteiger partial charge on any atom is 0.287 e. The first kappa shape index (κ1) is 13.1. The molecule has 1 aromatic heterocycles. The highest BCUT2D eigenvalue weighted by molar-refractivity contribution is 8.24. The molecule has 2 aromatic rings. The molecule has 0 bridgehead atoms. The van der Waals surface area contributed by atoms with Crippen molar-refractivity contribution in [2.75, 3.05) is 0 Å². The Morgan fingerprint density at radius 2 is 1.85 bits per heavy atom. The normalized spacial score (nSPS) is 19.3. The van der Waals surface area contributed by atoms with Gasteiger partial charge in [0.05, 0.1) is 5.52 Å². The molecule has 2 amide bonds. The third kappa shape index (κ3) is 2.06. The number of thioether (sulfide) groups is 1. The van der Waals surface area contributed by atoms with Gasteiger partial charge in [-0.25, -0.2) is 13.4 Å². The van der Waals surface area contributed by atoms with E-state index in [4.69, 9.17) is 0 Å². The summed E-state index contributed by atoms with van der Waals surface area (Å²) in [5, 5.41) is 1.88. The number of rotatable bonds is 2. The monoisotopic (exact) mass is 308 g/mol. The first-order valence-electron chi connectivity index (χ1n) is 5.60. The SMILES string of the molecule is O=C1NC(=O)C(S(=O)(=O)c2ccc3ccccc3n2)S1. The van der Waals surface area contributed by atoms with Gasteiger partial charge in [-0.15, -0.1) is 0 Å². The van der Waals surface area contributed by atoms with Crippen LogP contribution in [0.5, 0.6) is 0 Å². The Morgan fingerprint density at radius 1 is 1.10 bits per heavy atom. The van der Waals surface area contributed by atoms with Gasteiger partial charge in [0.1, 0.15) is 0 Å². The van der Waals surface area contributed by atoms with Crippen molar-refractivity contribution in [3.05, 3.63) is 36.4 Å². The summed E-state index contributed by atoms with van der Waals surface area (Å²) in [6.07, 6.45) is 0. The van der Waals surface area contributed by atoms with Crippen LogP contribution in [-0.2, 0) is 14.6 Å². The number of imide groups is 1. The molecule has 1 N–H and O–H groups in total. The highest BCUT2D eigenvalue weighted by atomic mass is 32.3. The third-order valence-electron chi connectivity index (χ3n) is 2.80. The second kappa shape index (κ2) is 4.57. The number of nitrogens with zero attached hydrogens (tertiary/aromatic N) is 1. The lowest BCUT2D eigenvalue weighted by Crippen LogP contribution is -2.30. The van der Waals surface area contributed by atoms with Gasteiger partial charge < -0.3 is 0 Å². The topological polar surface area (TPSA) is 93.2 Å². The molecule has 1 aliphatic rings. The molecule has 1 atom stereocenters. The van der Waals surface area contributed by atoms with Crippen LogP contribution in [0.2, 0.25) is 0 Å². The van der Waals surface area contributed by atoms with Crippen molar-refractivity contribution in [3.63, 3.8) is 0 Å². The molecule has 0 aliphatic carbocycles. The van der Waals surface area contributed by atoms with Crippen LogP contribution in [0.1, 0.15) is 0 Å². The van der Waals surface area contributed by atoms with Crippen LogP contribution in [0.3, 0.4) is 0 Å². The number of sulfone groups is 1. The number of hydrogen-bond acceptors (Lipinski definition) is 6. The summed E-state index contributed by atoms with van der Waals surface area (Å²) in [6, 6.07) is 10.0. The number of amides is 2. The Morgan fingerprint density at radius 3 is 2.55 bits per heavy atom. The Labute approximate surface area is 118 Å². The van der Waals surface area contributed by atoms with Gasteiger partial charge >= 0.3 is 0 Å². The first-order valence-corrected chi connectivity index (χ1v) is 8.02. The maximum atomic E-state index is 12.3. The van der Waals surface area contributed by atoms with Crippen molar-refractivity contribution in [1.29, 1.82) is 0 Å². The number of carbonyl (C=O) groups is 2. The molecule has 1 saturated heterocycles. The summed E-state index contributed by atoms with van der Waals surface area (Å²) in [5.41, 5.74) is 0.517. The molecular weight excluding hydrogens is 300 g/mol. The lowest BCUT2D eigenvalue weighted by atomic mass is 10.2. The molecule has 1 aliphatic heterocycles. The zero-order valence-corrected chi connectivity index (χ0v) is 11.6. The van der Waals surface area contributed by atoms with Crippen LogP contribution in [0.15, 0.2) is 41.4 Å². The van der Waals surface area contributed by atoms with E-state index in [1.165, 1.54) is 6.07 Å². The second-order valence-electron chi connectivity index (χ2n) is 4.11. The predicted molar refractivity (Wildman–Crippen MR) is 73.8 cm³/mol. The van der Waals surface area contributed by atoms with Crippen LogP contribution in [0.4, 0.5) is 4.79 Å². The van der Waals surface area contributed by atoms with E-state index in [1.807, 2.05) is 11.4 Å². The van der Waals surface area contributed by atoms with E-state index in [-0.39, 0.29) is 5.03 Å². The van der Waals surface area contributed by atoms with Crippen molar-refractivity contribution in [3.8, 4) is 0 Å². The summed E-state index contributed by atoms with van der Waals surface area (Å²) in [5.74, 6) is -0.824. The van der Waals surface area contributed by atoms with Crippen LogP contribution >= 0.6 is 11.8 Å². The van der Waals surface area contributed by atoms with Gasteiger partial charge in [-0.05, 0) is 30.0 Å². The van der Waals surface area contributed by atoms with E-state index in [1.54, 1.807) is 24.3 Å². The number of hydrogen-bond donors (Lipinski definition) is 1. The Balaban J connectivity index is 2.09. The van der Waals surface area contributed by atoms with Gasteiger partial charge in [0.15, 0.2) is 5.03 Å². The number of pyridine rings is 1. The molecule has 0 saturated carbocycles. The summed E-state index contributed by atoms with van der Waals surface area (Å²) in [4.78, 5) is 26.7. The van der Waals surface area contributed by atoms with Crippen LogP contribution < -0.4 is 5.32 Å². The van der Waals surface area contributed by atoms with Gasteiger partial charge in [0.25, 0.3) is 11.1 Å². The summed E-state index contributed by atoms with van der Waals surface area (Å²) >= 11 is 0.453. The molecule has 1 fully saturated rings. The van der Waals surface area contributed by atoms with E-state index in [2.05, 4.69) is 4.98 Å². The van der Waals surface area contributed by atoms with Crippen molar-refractivity contribution in [2.24, 2.45) is 0 Å². The van der Waals surface area contributed by atoms with Gasteiger partial charge in [-0.2, -0.15) is 0 Å². The lowest BCUT2D eigenvalue weighted by molar-refractivity contribution is -0.117. The molecule has 3 rings (SSSR count). The van der Waals surface area contributed by atoms with Crippen LogP contribution in [0.25, 0.3) is 10.9 Å². The quantitative estimate of drug-likeness (QED) is 0.899. The molecule has 6 nitrogen and oxygen atoms in total. The number of para-hydroxylation sites is 1. The third-order valence-corrected chi connectivity index (χ3v) is 6.18. The predicted octanol–water partition coefficient (Wildman–Crippen LogP) is 1.32. The van der Waals surface area contributed by atoms with Gasteiger partial charge in [-0.1, -0.05) is 18.2 Å². The van der Waals surface area contributed by atoms with Crippen LogP contribution in [0, 0.1) is 0 Å². The van der Waals surface area contributed by atoms with E-state index >= 15 is 0 Å². The Hall–Kier alpha value is -1.93. The molecule has 1 aromatic carbocycles. The largest absolute Gasteiger partial charge is 0.287 e. The van der Waals surface area contributed by atoms with Gasteiger partial charge in [0, 0.05) is 5.39 Å². The number of aromatic nitrogens is 1. The van der Waals surface area contributed by atoms with Crippen molar-refractivity contribution < 1.29 is 18.0 Å². The van der Waals surface area contributed by atoms with Crippen molar-refractivity contribution >= 4 is 43.6 Å². The molecule has 20 heavy (non-hydrogen) atoms. The van der Waals surface area contributed by atoms with E-state index in [0.29, 0.717) is 17.3 Å². The minimum absolute atomic E-state index is 0.210. The Kier molecular flexibility index (Phi) is 2.98. The van der Waals surface area contributed by atoms with E-state index < -0.39 is 25.6 Å². The number of carbonyl (C=O) groups excluding carboxylic acids is 2. The molecular formula is C12H8N2O4S2. The van der Waals surface area contributed by atoms with E-state index in [9.17, 15) is 18.0 Å². The smallest absolute Gasteiger partial charge is 0.285 e. The molecule has 1 unspecified atom stereocenters. The standard InChI is InChI=1S/C12H8N2O4S2/c15-10-11(19-12(16)14-10)20(17,18)9-6-5-7-3-1-2-4-8(7)13-9/h1-6,11H,(H,14,15,16). The molecule has 0 radical (unpaired) electrons. The number of benzene rings is 1. The summed E-state index contributed by atoms with van der Waals surface area (Å²) < 4.78 is 23.2. The van der Waals surface area contributed by atoms with Gasteiger partial charge in [-0.3, -0.25) is 14.9 Å². The number of nitrogens with one attached hydrogen (secondary N) is 1. The van der Waals surface area contributed by atoms with Gasteiger partial charge in [0.2, 0.25) is 14.4 Å². The van der Waals surface area contributed by atoms with Crippen LogP contribution in [-0.4, -0.2) is 29.1 Å². The zero-order valence-electron chi connectivity index (χ0n) is 9.94. The minimum Gasteiger partial charge on any atom is -0.285 e. The first-order chi connectivity index (χ1) is 9.48. The average molecular weight is 308 g/mol. The highest BCUT2D eigenvalue weighted by Gasteiger charge is 2.43. The maximum absolute atomic E-state index is 12.3. The fourth-order valence-corrected chi connectivity index (χ4v) is 4.49. The summed E-state index contributed by atoms with van der Waals surface area (Å²) in [7, 11) is -3.99. The minimum atomic E-state index is -3.99. The lowest BCUT2D eigenvalue weighted by Gasteiger charge is -2.07. The fraction of sp³-hybridized carbons (Fsp3) is 0.0833. The molecule has 2 heterocycles. The zero-order chi connectivity index (χ0) is 14.3. The molecule has 0 spiro atoms. The number of fused-ring (bicyclic) bond motifs is 1. The average Bonchev–Trinajstić information content (AvgIpc) is 2.78. The Bertz CT molecular complexity index is 832. The van der Waals surface area contributed by atoms with Crippen molar-refractivity contribution in [1.82, 2.24) is 10.3 Å². The molecule has 102 valence electrons. The second-order valence-corrected chi connectivity index (χ2v) is 7.47. The highest BCUT2D eigenvalue weighted by Crippen LogP contribution is 2.29. The van der Waals surface area contributed by atoms with Crippen molar-refractivity contribution in [2.45, 2.75) is 9.61 Å². The fourth-order valence-electron chi connectivity index (χ4n) is 1.86. The molecule has 8 heteroatoms.